The molecule has 1 fully saturated rings. The molecule has 0 aromatic heterocycles. The van der Waals surface area contributed by atoms with Crippen LogP contribution in [0.4, 0.5) is 5.69 Å². The van der Waals surface area contributed by atoms with Crippen molar-refractivity contribution in [2.75, 3.05) is 13.1 Å². The molecule has 2 unspecified atom stereocenters. The van der Waals surface area contributed by atoms with E-state index in [1.807, 2.05) is 0 Å². The number of rotatable bonds is 3. The third kappa shape index (κ3) is 2.96. The summed E-state index contributed by atoms with van der Waals surface area (Å²) in [6.45, 7) is 3.30. The highest BCUT2D eigenvalue weighted by atomic mass is 16.6. The molecule has 20 heavy (non-hydrogen) atoms. The molecule has 0 bridgehead atoms. The van der Waals surface area contributed by atoms with E-state index in [9.17, 15) is 14.9 Å². The monoisotopic (exact) mass is 277 g/mol. The number of carbonyl (C=O) groups is 1. The number of benzene rings is 1. The molecule has 2 rings (SSSR count). The number of non-ortho nitro benzene ring substituents is 1. The normalized spacial score (nSPS) is 22.6. The molecular weight excluding hydrogens is 258 g/mol. The predicted molar refractivity (Wildman–Crippen MR) is 75.4 cm³/mol. The number of piperidine rings is 1. The van der Waals surface area contributed by atoms with Gasteiger partial charge in [0.1, 0.15) is 0 Å². The van der Waals surface area contributed by atoms with E-state index in [1.54, 1.807) is 17.0 Å². The zero-order valence-corrected chi connectivity index (χ0v) is 11.5. The van der Waals surface area contributed by atoms with Crippen LogP contribution in [0.2, 0.25) is 0 Å². The molecule has 2 N–H and O–H groups in total. The van der Waals surface area contributed by atoms with Gasteiger partial charge in [0, 0.05) is 36.8 Å². The summed E-state index contributed by atoms with van der Waals surface area (Å²) in [7, 11) is 0. The van der Waals surface area contributed by atoms with Crippen molar-refractivity contribution in [3.8, 4) is 0 Å². The first kappa shape index (κ1) is 14.5. The van der Waals surface area contributed by atoms with Gasteiger partial charge in [-0.3, -0.25) is 14.9 Å². The number of likely N-dealkylation sites (tertiary alicyclic amines) is 1. The number of hydrogen-bond acceptors (Lipinski definition) is 4. The van der Waals surface area contributed by atoms with Gasteiger partial charge in [0.05, 0.1) is 4.92 Å². The molecule has 0 spiro atoms. The SMILES string of the molecule is CCC1CN(C(=O)c2cccc([N+](=O)[O-])c2)CCC1N. The second kappa shape index (κ2) is 6.00. The van der Waals surface area contributed by atoms with Crippen LogP contribution in [0.25, 0.3) is 0 Å². The first-order chi connectivity index (χ1) is 9.52. The topological polar surface area (TPSA) is 89.5 Å². The van der Waals surface area contributed by atoms with Gasteiger partial charge < -0.3 is 10.6 Å². The molecule has 6 nitrogen and oxygen atoms in total. The summed E-state index contributed by atoms with van der Waals surface area (Å²) in [6, 6.07) is 6.01. The Labute approximate surface area is 117 Å². The van der Waals surface area contributed by atoms with Gasteiger partial charge in [-0.1, -0.05) is 19.4 Å². The molecule has 1 heterocycles. The van der Waals surface area contributed by atoms with Crippen molar-refractivity contribution in [2.45, 2.75) is 25.8 Å². The number of nitrogens with two attached hydrogens (primary N) is 1. The number of carbonyl (C=O) groups excluding carboxylic acids is 1. The lowest BCUT2D eigenvalue weighted by Gasteiger charge is -2.36. The van der Waals surface area contributed by atoms with Crippen molar-refractivity contribution in [3.05, 3.63) is 39.9 Å². The second-order valence-electron chi connectivity index (χ2n) is 5.18. The summed E-state index contributed by atoms with van der Waals surface area (Å²) in [6.07, 6.45) is 1.71. The fraction of sp³-hybridized carbons (Fsp3) is 0.500. The lowest BCUT2D eigenvalue weighted by Crippen LogP contribution is -2.49. The minimum atomic E-state index is -0.488. The summed E-state index contributed by atoms with van der Waals surface area (Å²) in [4.78, 5) is 24.4. The summed E-state index contributed by atoms with van der Waals surface area (Å²) >= 11 is 0. The Morgan fingerprint density at radius 3 is 2.95 bits per heavy atom. The summed E-state index contributed by atoms with van der Waals surface area (Å²) in [5, 5.41) is 10.8. The first-order valence-electron chi connectivity index (χ1n) is 6.82. The smallest absolute Gasteiger partial charge is 0.270 e. The maximum absolute atomic E-state index is 12.4. The van der Waals surface area contributed by atoms with Crippen LogP contribution < -0.4 is 5.73 Å². The molecule has 1 amide bonds. The molecular formula is C14H19N3O3. The minimum absolute atomic E-state index is 0.0587. The van der Waals surface area contributed by atoms with Gasteiger partial charge >= 0.3 is 0 Å². The van der Waals surface area contributed by atoms with Crippen LogP contribution in [-0.2, 0) is 0 Å². The largest absolute Gasteiger partial charge is 0.338 e. The molecule has 1 aliphatic heterocycles. The van der Waals surface area contributed by atoms with E-state index in [0.717, 1.165) is 12.8 Å². The van der Waals surface area contributed by atoms with Gasteiger partial charge in [-0.05, 0) is 18.4 Å². The summed E-state index contributed by atoms with van der Waals surface area (Å²) in [5.74, 6) is 0.144. The van der Waals surface area contributed by atoms with E-state index < -0.39 is 4.92 Å². The highest BCUT2D eigenvalue weighted by molar-refractivity contribution is 5.94. The van der Waals surface area contributed by atoms with Crippen LogP contribution in [0, 0.1) is 16.0 Å². The van der Waals surface area contributed by atoms with Crippen molar-refractivity contribution in [1.82, 2.24) is 4.90 Å². The zero-order valence-electron chi connectivity index (χ0n) is 11.5. The Hall–Kier alpha value is -1.95. The molecule has 1 saturated heterocycles. The Balaban J connectivity index is 2.15. The third-order valence-corrected chi connectivity index (χ3v) is 3.91. The summed E-state index contributed by atoms with van der Waals surface area (Å²) < 4.78 is 0. The second-order valence-corrected chi connectivity index (χ2v) is 5.18. The molecule has 1 aliphatic rings. The van der Waals surface area contributed by atoms with Crippen LogP contribution in [0.3, 0.4) is 0 Å². The van der Waals surface area contributed by atoms with Gasteiger partial charge in [0.15, 0.2) is 0 Å². The van der Waals surface area contributed by atoms with Crippen LogP contribution in [-0.4, -0.2) is 34.9 Å². The molecule has 0 saturated carbocycles. The van der Waals surface area contributed by atoms with E-state index in [1.165, 1.54) is 12.1 Å². The number of nitro groups is 1. The molecule has 6 heteroatoms. The fourth-order valence-electron chi connectivity index (χ4n) is 2.60. The van der Waals surface area contributed by atoms with Gasteiger partial charge in [0.25, 0.3) is 11.6 Å². The molecule has 108 valence electrons. The summed E-state index contributed by atoms with van der Waals surface area (Å²) in [5.41, 5.74) is 6.33. The molecule has 2 atom stereocenters. The molecule has 1 aromatic carbocycles. The highest BCUT2D eigenvalue weighted by Gasteiger charge is 2.28. The van der Waals surface area contributed by atoms with Crippen molar-refractivity contribution in [1.29, 1.82) is 0 Å². The molecule has 1 aromatic rings. The van der Waals surface area contributed by atoms with E-state index in [-0.39, 0.29) is 17.6 Å². The highest BCUT2D eigenvalue weighted by Crippen LogP contribution is 2.21. The van der Waals surface area contributed by atoms with Crippen LogP contribution in [0.1, 0.15) is 30.1 Å². The average Bonchev–Trinajstić information content (AvgIpc) is 2.47. The molecule has 0 aliphatic carbocycles. The Kier molecular flexibility index (Phi) is 4.34. The van der Waals surface area contributed by atoms with Crippen LogP contribution >= 0.6 is 0 Å². The van der Waals surface area contributed by atoms with Crippen molar-refractivity contribution >= 4 is 11.6 Å². The maximum atomic E-state index is 12.4. The Morgan fingerprint density at radius 2 is 2.30 bits per heavy atom. The van der Waals surface area contributed by atoms with Crippen LogP contribution in [0.5, 0.6) is 0 Å². The number of hydrogen-bond donors (Lipinski definition) is 1. The van der Waals surface area contributed by atoms with E-state index >= 15 is 0 Å². The first-order valence-corrected chi connectivity index (χ1v) is 6.82. The lowest BCUT2D eigenvalue weighted by atomic mass is 9.90. The fourth-order valence-corrected chi connectivity index (χ4v) is 2.60. The van der Waals surface area contributed by atoms with E-state index in [0.29, 0.717) is 24.6 Å². The van der Waals surface area contributed by atoms with Crippen molar-refractivity contribution in [3.63, 3.8) is 0 Å². The Morgan fingerprint density at radius 1 is 1.55 bits per heavy atom. The van der Waals surface area contributed by atoms with Gasteiger partial charge in [-0.2, -0.15) is 0 Å². The van der Waals surface area contributed by atoms with E-state index in [4.69, 9.17) is 5.73 Å². The van der Waals surface area contributed by atoms with Gasteiger partial charge in [-0.25, -0.2) is 0 Å². The number of amides is 1. The van der Waals surface area contributed by atoms with Crippen molar-refractivity contribution < 1.29 is 9.72 Å². The maximum Gasteiger partial charge on any atom is 0.270 e. The zero-order chi connectivity index (χ0) is 14.7. The average molecular weight is 277 g/mol. The Bertz CT molecular complexity index is 518. The molecule has 0 radical (unpaired) electrons. The van der Waals surface area contributed by atoms with Crippen molar-refractivity contribution in [2.24, 2.45) is 11.7 Å². The quantitative estimate of drug-likeness (QED) is 0.673. The van der Waals surface area contributed by atoms with Gasteiger partial charge in [0.2, 0.25) is 0 Å². The standard InChI is InChI=1S/C14H19N3O3/c1-2-10-9-16(7-6-13(10)15)14(18)11-4-3-5-12(8-11)17(19)20/h3-5,8,10,13H,2,6-7,9,15H2,1H3. The minimum Gasteiger partial charge on any atom is -0.338 e. The number of nitrogens with zero attached hydrogens (tertiary/aromatic N) is 2. The van der Waals surface area contributed by atoms with Gasteiger partial charge in [-0.15, -0.1) is 0 Å². The van der Waals surface area contributed by atoms with E-state index in [2.05, 4.69) is 6.92 Å². The number of nitro benzene ring substituents is 1. The van der Waals surface area contributed by atoms with Crippen LogP contribution in [0.15, 0.2) is 24.3 Å². The third-order valence-electron chi connectivity index (χ3n) is 3.91. The lowest BCUT2D eigenvalue weighted by molar-refractivity contribution is -0.384. The predicted octanol–water partition coefficient (Wildman–Crippen LogP) is 1.79.